The highest BCUT2D eigenvalue weighted by molar-refractivity contribution is 5.99. The van der Waals surface area contributed by atoms with Gasteiger partial charge in [0.1, 0.15) is 0 Å². The number of nitrogens with zero attached hydrogens (tertiary/aromatic N) is 3. The van der Waals surface area contributed by atoms with Gasteiger partial charge in [-0.1, -0.05) is 152 Å². The normalized spacial score (nSPS) is 22.7. The van der Waals surface area contributed by atoms with Crippen LogP contribution >= 0.6 is 0 Å². The Morgan fingerprint density at radius 1 is 0.375 bits per heavy atom. The van der Waals surface area contributed by atoms with E-state index in [1.165, 1.54) is 70.7 Å². The average Bonchev–Trinajstić information content (AvgIpc) is 3.57. The Hall–Kier alpha value is -6.19. The maximum absolute atomic E-state index is 5.23. The first kappa shape index (κ1) is 32.1. The number of fused-ring (bicyclic) bond motifs is 5. The molecule has 0 radical (unpaired) electrons. The van der Waals surface area contributed by atoms with Crippen molar-refractivity contribution >= 4 is 10.8 Å². The van der Waals surface area contributed by atoms with E-state index in [9.17, 15) is 0 Å². The molecule has 56 heavy (non-hydrogen) atoms. The van der Waals surface area contributed by atoms with E-state index in [4.69, 9.17) is 15.0 Å². The van der Waals surface area contributed by atoms with Crippen molar-refractivity contribution in [2.24, 2.45) is 23.7 Å². The van der Waals surface area contributed by atoms with E-state index < -0.39 is 0 Å². The molecule has 0 unspecified atom stereocenters. The topological polar surface area (TPSA) is 38.7 Å². The van der Waals surface area contributed by atoms with Crippen molar-refractivity contribution in [3.63, 3.8) is 0 Å². The van der Waals surface area contributed by atoms with Gasteiger partial charge in [-0.2, -0.15) is 0 Å². The van der Waals surface area contributed by atoms with E-state index in [-0.39, 0.29) is 5.41 Å². The van der Waals surface area contributed by atoms with Crippen molar-refractivity contribution in [1.82, 2.24) is 15.0 Å². The first-order valence-corrected chi connectivity index (χ1v) is 20.4. The Bertz CT molecular complexity index is 2780. The number of aromatic nitrogens is 3. The standard InChI is InChI=1S/C53H41N3/c1-3-10-35(11-4-1)37-18-20-38(21-19-37)50-54-51(41-15-9-14-39(31-41)36-12-5-2-6-13-36)56-52(55-50)42-23-24-45-40(32-42)22-25-47-46-16-7-8-17-48(46)53(49(45)47)43-27-33-26-34(29-43)30-44(53)28-33/h1-25,31-34,43-44H,26-30H2. The van der Waals surface area contributed by atoms with Gasteiger partial charge in [0.05, 0.1) is 0 Å². The maximum Gasteiger partial charge on any atom is 0.164 e. The molecule has 4 saturated carbocycles. The lowest BCUT2D eigenvalue weighted by Gasteiger charge is -2.61. The van der Waals surface area contributed by atoms with Gasteiger partial charge in [-0.25, -0.2) is 15.0 Å². The zero-order chi connectivity index (χ0) is 36.8. The summed E-state index contributed by atoms with van der Waals surface area (Å²) in [5, 5.41) is 2.67. The largest absolute Gasteiger partial charge is 0.208 e. The van der Waals surface area contributed by atoms with Crippen molar-refractivity contribution in [2.75, 3.05) is 0 Å². The van der Waals surface area contributed by atoms with E-state index >= 15 is 0 Å². The predicted octanol–water partition coefficient (Wildman–Crippen LogP) is 13.1. The summed E-state index contributed by atoms with van der Waals surface area (Å²) in [4.78, 5) is 15.6. The van der Waals surface area contributed by atoms with Crippen LogP contribution in [0.3, 0.4) is 0 Å². The van der Waals surface area contributed by atoms with E-state index in [2.05, 4.69) is 164 Å². The third kappa shape index (κ3) is 4.86. The molecule has 0 amide bonds. The Morgan fingerprint density at radius 2 is 0.893 bits per heavy atom. The summed E-state index contributed by atoms with van der Waals surface area (Å²) < 4.78 is 0. The van der Waals surface area contributed by atoms with Crippen LogP contribution in [0.15, 0.2) is 164 Å². The molecule has 0 saturated heterocycles. The average molecular weight is 720 g/mol. The van der Waals surface area contributed by atoms with Crippen molar-refractivity contribution in [1.29, 1.82) is 0 Å². The lowest BCUT2D eigenvalue weighted by Crippen LogP contribution is -2.55. The van der Waals surface area contributed by atoms with Crippen LogP contribution in [-0.2, 0) is 5.41 Å². The smallest absolute Gasteiger partial charge is 0.164 e. The molecule has 0 aliphatic heterocycles. The van der Waals surface area contributed by atoms with Crippen molar-refractivity contribution in [2.45, 2.75) is 37.5 Å². The maximum atomic E-state index is 5.23. The van der Waals surface area contributed by atoms with Gasteiger partial charge in [0.15, 0.2) is 17.5 Å². The van der Waals surface area contributed by atoms with Gasteiger partial charge in [-0.05, 0) is 123 Å². The number of benzene rings is 7. The molecule has 1 aromatic heterocycles. The zero-order valence-electron chi connectivity index (χ0n) is 31.3. The minimum Gasteiger partial charge on any atom is -0.208 e. The van der Waals surface area contributed by atoms with Gasteiger partial charge in [-0.3, -0.25) is 0 Å². The Labute approximate surface area is 328 Å². The molecular formula is C53H41N3. The summed E-state index contributed by atoms with van der Waals surface area (Å²) in [6, 6.07) is 59.4. The van der Waals surface area contributed by atoms with Crippen LogP contribution in [0.25, 0.3) is 78.3 Å². The molecule has 4 bridgehead atoms. The molecule has 1 spiro atoms. The van der Waals surface area contributed by atoms with Crippen molar-refractivity contribution in [3.05, 3.63) is 175 Å². The van der Waals surface area contributed by atoms with Crippen LogP contribution in [-0.4, -0.2) is 15.0 Å². The first-order valence-electron chi connectivity index (χ1n) is 20.4. The predicted molar refractivity (Wildman–Crippen MR) is 228 cm³/mol. The summed E-state index contributed by atoms with van der Waals surface area (Å²) in [5.74, 6) is 5.31. The van der Waals surface area contributed by atoms with Crippen LogP contribution in [0.5, 0.6) is 0 Å². The highest BCUT2D eigenvalue weighted by atomic mass is 15.0. The van der Waals surface area contributed by atoms with E-state index in [1.54, 1.807) is 11.1 Å². The van der Waals surface area contributed by atoms with Crippen LogP contribution in [0.2, 0.25) is 0 Å². The Morgan fingerprint density at radius 3 is 1.59 bits per heavy atom. The van der Waals surface area contributed by atoms with Gasteiger partial charge in [0.2, 0.25) is 0 Å². The lowest BCUT2D eigenvalue weighted by molar-refractivity contribution is -0.0393. The molecule has 5 aliphatic carbocycles. The quantitative estimate of drug-likeness (QED) is 0.178. The van der Waals surface area contributed by atoms with Gasteiger partial charge in [-0.15, -0.1) is 0 Å². The molecule has 8 aromatic rings. The second-order valence-electron chi connectivity index (χ2n) is 16.8. The molecule has 13 rings (SSSR count). The fraction of sp³-hybridized carbons (Fsp3) is 0.189. The van der Waals surface area contributed by atoms with Gasteiger partial charge in [0.25, 0.3) is 0 Å². The third-order valence-corrected chi connectivity index (χ3v) is 13.9. The number of hydrogen-bond acceptors (Lipinski definition) is 3. The zero-order valence-corrected chi connectivity index (χ0v) is 31.3. The van der Waals surface area contributed by atoms with E-state index in [0.717, 1.165) is 45.9 Å². The fourth-order valence-corrected chi connectivity index (χ4v) is 11.8. The monoisotopic (exact) mass is 719 g/mol. The summed E-state index contributed by atoms with van der Waals surface area (Å²) >= 11 is 0. The van der Waals surface area contributed by atoms with Gasteiger partial charge in [0, 0.05) is 22.1 Å². The second-order valence-corrected chi connectivity index (χ2v) is 16.8. The van der Waals surface area contributed by atoms with Crippen LogP contribution in [0.1, 0.15) is 43.2 Å². The van der Waals surface area contributed by atoms with E-state index in [1.807, 2.05) is 0 Å². The second kappa shape index (κ2) is 12.4. The summed E-state index contributed by atoms with van der Waals surface area (Å²) in [5.41, 5.74) is 13.8. The third-order valence-electron chi connectivity index (χ3n) is 13.9. The SMILES string of the molecule is c1ccc(-c2ccc(-c3nc(-c4cccc(-c5ccccc5)c4)nc(-c4ccc5c6c(ccc5c4)-c4ccccc4C64C5CC6CC(C5)CC4C6)n3)cc2)cc1. The first-order chi connectivity index (χ1) is 27.7. The Balaban J connectivity index is 1.01. The molecule has 0 N–H and O–H groups in total. The fourth-order valence-electron chi connectivity index (χ4n) is 11.8. The van der Waals surface area contributed by atoms with Crippen LogP contribution in [0.4, 0.5) is 0 Å². The molecule has 3 nitrogen and oxygen atoms in total. The van der Waals surface area contributed by atoms with E-state index in [0.29, 0.717) is 17.5 Å². The lowest BCUT2D eigenvalue weighted by atomic mass is 9.43. The molecule has 268 valence electrons. The molecule has 7 aromatic carbocycles. The highest BCUT2D eigenvalue weighted by Crippen LogP contribution is 2.70. The molecule has 0 atom stereocenters. The molecule has 5 aliphatic rings. The van der Waals surface area contributed by atoms with Crippen LogP contribution < -0.4 is 0 Å². The highest BCUT2D eigenvalue weighted by Gasteiger charge is 2.61. The van der Waals surface area contributed by atoms with Gasteiger partial charge < -0.3 is 0 Å². The molecule has 3 heteroatoms. The van der Waals surface area contributed by atoms with Gasteiger partial charge >= 0.3 is 0 Å². The molecule has 1 heterocycles. The molecular weight excluding hydrogens is 679 g/mol. The Kier molecular flexibility index (Phi) is 7.11. The van der Waals surface area contributed by atoms with Crippen molar-refractivity contribution in [3.8, 4) is 67.5 Å². The summed E-state index contributed by atoms with van der Waals surface area (Å²) in [7, 11) is 0. The number of rotatable bonds is 5. The molecule has 4 fully saturated rings. The minimum absolute atomic E-state index is 0.115. The minimum atomic E-state index is 0.115. The summed E-state index contributed by atoms with van der Waals surface area (Å²) in [6.45, 7) is 0. The summed E-state index contributed by atoms with van der Waals surface area (Å²) in [6.07, 6.45) is 6.97. The number of hydrogen-bond donors (Lipinski definition) is 0. The van der Waals surface area contributed by atoms with Crippen molar-refractivity contribution < 1.29 is 0 Å². The van der Waals surface area contributed by atoms with Crippen LogP contribution in [0, 0.1) is 23.7 Å².